The molecule has 1 aliphatic rings. The summed E-state index contributed by atoms with van der Waals surface area (Å²) < 4.78 is 0. The van der Waals surface area contributed by atoms with Crippen LogP contribution >= 0.6 is 0 Å². The number of carboxylic acids is 1. The third-order valence-corrected chi connectivity index (χ3v) is 6.16. The molecule has 12 heteroatoms. The van der Waals surface area contributed by atoms with E-state index in [1.54, 1.807) is 19.9 Å². The maximum absolute atomic E-state index is 13.0. The lowest BCUT2D eigenvalue weighted by atomic mass is 9.88. The van der Waals surface area contributed by atoms with Crippen molar-refractivity contribution in [3.63, 3.8) is 0 Å². The molecule has 0 aliphatic heterocycles. The fourth-order valence-corrected chi connectivity index (χ4v) is 4.32. The Balaban J connectivity index is 1.41. The Morgan fingerprint density at radius 2 is 1.86 bits per heavy atom. The predicted molar refractivity (Wildman–Crippen MR) is 132 cm³/mol. The van der Waals surface area contributed by atoms with Gasteiger partial charge in [-0.3, -0.25) is 14.6 Å². The molecular weight excluding hydrogens is 478 g/mol. The largest absolute Gasteiger partial charge is 0.508 e. The number of aryl methyl sites for hydroxylation is 3. The molecule has 2 amide bonds. The molecule has 5 N–H and O–H groups in total. The van der Waals surface area contributed by atoms with Crippen molar-refractivity contribution >= 4 is 23.7 Å². The van der Waals surface area contributed by atoms with Gasteiger partial charge in [0.15, 0.2) is 0 Å². The lowest BCUT2D eigenvalue weighted by Crippen LogP contribution is -2.48. The van der Waals surface area contributed by atoms with Crippen molar-refractivity contribution in [1.29, 1.82) is 0 Å². The number of anilines is 1. The van der Waals surface area contributed by atoms with Gasteiger partial charge in [-0.1, -0.05) is 12.1 Å². The van der Waals surface area contributed by atoms with Crippen LogP contribution in [0.2, 0.25) is 0 Å². The lowest BCUT2D eigenvalue weighted by Gasteiger charge is -2.26. The highest BCUT2D eigenvalue weighted by molar-refractivity contribution is 5.99. The molecule has 4 rings (SSSR count). The number of aromatic nitrogens is 4. The van der Waals surface area contributed by atoms with Gasteiger partial charge in [-0.25, -0.2) is 19.7 Å². The number of fused-ring (bicyclic) bond motifs is 1. The molecule has 0 saturated heterocycles. The Kier molecular flexibility index (Phi) is 7.56. The number of benzene rings is 1. The van der Waals surface area contributed by atoms with E-state index in [9.17, 15) is 24.6 Å². The Morgan fingerprint density at radius 1 is 1.11 bits per heavy atom. The molecule has 3 aromatic rings. The molecule has 2 atom stereocenters. The van der Waals surface area contributed by atoms with Gasteiger partial charge in [-0.2, -0.15) is 0 Å². The van der Waals surface area contributed by atoms with Crippen molar-refractivity contribution in [2.24, 2.45) is 0 Å². The number of nitrogens with one attached hydrogen (secondary N) is 3. The first kappa shape index (κ1) is 25.5. The molecule has 1 aliphatic carbocycles. The monoisotopic (exact) mass is 505 g/mol. The molecule has 37 heavy (non-hydrogen) atoms. The third-order valence-electron chi connectivity index (χ3n) is 6.16. The number of nitrogens with zero attached hydrogens (tertiary/aromatic N) is 4. The fraction of sp³-hybridized carbons (Fsp3) is 0.320. The van der Waals surface area contributed by atoms with Crippen molar-refractivity contribution in [2.75, 3.05) is 11.9 Å². The summed E-state index contributed by atoms with van der Waals surface area (Å²) in [6, 6.07) is 4.14. The summed E-state index contributed by atoms with van der Waals surface area (Å²) in [6.45, 7) is 2.93. The van der Waals surface area contributed by atoms with Gasteiger partial charge < -0.3 is 26.2 Å². The molecule has 0 bridgehead atoms. The van der Waals surface area contributed by atoms with Gasteiger partial charge in [-0.05, 0) is 50.3 Å². The molecule has 0 fully saturated rings. The van der Waals surface area contributed by atoms with Crippen LogP contribution in [0.25, 0.3) is 0 Å². The summed E-state index contributed by atoms with van der Waals surface area (Å²) in [7, 11) is 0. The smallest absolute Gasteiger partial charge is 0.328 e. The first-order valence-corrected chi connectivity index (χ1v) is 11.7. The number of amides is 2. The van der Waals surface area contributed by atoms with Crippen molar-refractivity contribution in [1.82, 2.24) is 30.6 Å². The van der Waals surface area contributed by atoms with Crippen LogP contribution in [0.15, 0.2) is 36.8 Å². The Bertz CT molecular complexity index is 1310. The number of hydrogen-bond donors (Lipinski definition) is 5. The predicted octanol–water partition coefficient (Wildman–Crippen LogP) is 1.17. The second kappa shape index (κ2) is 11.0. The zero-order valence-corrected chi connectivity index (χ0v) is 20.4. The van der Waals surface area contributed by atoms with Gasteiger partial charge >= 0.3 is 5.97 Å². The van der Waals surface area contributed by atoms with Gasteiger partial charge in [0.2, 0.25) is 5.95 Å². The van der Waals surface area contributed by atoms with E-state index in [4.69, 9.17) is 0 Å². The van der Waals surface area contributed by atoms with E-state index in [0.717, 1.165) is 24.0 Å². The molecule has 0 spiro atoms. The van der Waals surface area contributed by atoms with E-state index < -0.39 is 23.8 Å². The highest BCUT2D eigenvalue weighted by Crippen LogP contribution is 2.29. The topological polar surface area (TPSA) is 179 Å². The highest BCUT2D eigenvalue weighted by Gasteiger charge is 2.26. The molecule has 1 aromatic carbocycles. The minimum absolute atomic E-state index is 0.00795. The van der Waals surface area contributed by atoms with Gasteiger partial charge in [0.1, 0.15) is 17.5 Å². The first-order chi connectivity index (χ1) is 17.7. The Morgan fingerprint density at radius 3 is 2.54 bits per heavy atom. The molecule has 192 valence electrons. The van der Waals surface area contributed by atoms with Gasteiger partial charge in [0, 0.05) is 25.0 Å². The minimum Gasteiger partial charge on any atom is -0.508 e. The summed E-state index contributed by atoms with van der Waals surface area (Å²) >= 11 is 0. The van der Waals surface area contributed by atoms with Crippen LogP contribution in [-0.4, -0.2) is 66.6 Å². The van der Waals surface area contributed by atoms with Gasteiger partial charge in [0.25, 0.3) is 11.8 Å². The first-order valence-electron chi connectivity index (χ1n) is 11.7. The standard InChI is InChI=1S/C25H27N7O5/c1-13-21(23(35)32-19(24(36)37)12-28-22(34)18-11-26-8-9-27-18)14(2)30-25(29-13)31-16-7-6-15-4-3-5-20(33)17(15)10-16/h3-5,8-9,11,16,19,33H,6-7,10,12H2,1-2H3,(H,28,34)(H,32,35)(H,36,37)(H,29,30,31)/t16?,19-/m0/s1. The van der Waals surface area contributed by atoms with Crippen LogP contribution < -0.4 is 16.0 Å². The number of aliphatic carboxylic acids is 1. The summed E-state index contributed by atoms with van der Waals surface area (Å²) in [6.07, 6.45) is 6.26. The lowest BCUT2D eigenvalue weighted by molar-refractivity contribution is -0.139. The van der Waals surface area contributed by atoms with E-state index in [2.05, 4.69) is 35.9 Å². The number of carbonyl (C=O) groups excluding carboxylic acids is 2. The zero-order valence-electron chi connectivity index (χ0n) is 20.4. The normalized spacial score (nSPS) is 15.2. The maximum atomic E-state index is 13.0. The molecule has 2 aromatic heterocycles. The number of hydrogen-bond acceptors (Lipinski definition) is 9. The van der Waals surface area contributed by atoms with E-state index in [1.165, 1.54) is 18.6 Å². The molecule has 12 nitrogen and oxygen atoms in total. The summed E-state index contributed by atoms with van der Waals surface area (Å²) in [5.41, 5.74) is 2.96. The van der Waals surface area contributed by atoms with Crippen LogP contribution in [0.5, 0.6) is 5.75 Å². The van der Waals surface area contributed by atoms with Crippen molar-refractivity contribution in [2.45, 2.75) is 45.2 Å². The summed E-state index contributed by atoms with van der Waals surface area (Å²) in [5, 5.41) is 27.9. The number of phenols is 1. The van der Waals surface area contributed by atoms with Crippen LogP contribution in [0.1, 0.15) is 49.8 Å². The Labute approximate surface area is 212 Å². The molecule has 0 radical (unpaired) electrons. The van der Waals surface area contributed by atoms with Crippen LogP contribution in [0.4, 0.5) is 5.95 Å². The number of aromatic hydroxyl groups is 1. The highest BCUT2D eigenvalue weighted by atomic mass is 16.4. The fourth-order valence-electron chi connectivity index (χ4n) is 4.32. The van der Waals surface area contributed by atoms with Crippen LogP contribution in [0.3, 0.4) is 0 Å². The molecule has 1 unspecified atom stereocenters. The second-order valence-electron chi connectivity index (χ2n) is 8.76. The van der Waals surface area contributed by atoms with Gasteiger partial charge in [-0.15, -0.1) is 0 Å². The number of carboxylic acid groups (broad SMARTS) is 1. The van der Waals surface area contributed by atoms with E-state index >= 15 is 0 Å². The van der Waals surface area contributed by atoms with E-state index in [1.807, 2.05) is 12.1 Å². The van der Waals surface area contributed by atoms with Crippen molar-refractivity contribution in [3.8, 4) is 5.75 Å². The van der Waals surface area contributed by atoms with Crippen molar-refractivity contribution < 1.29 is 24.6 Å². The second-order valence-corrected chi connectivity index (χ2v) is 8.76. The summed E-state index contributed by atoms with van der Waals surface area (Å²) in [4.78, 5) is 53.3. The summed E-state index contributed by atoms with van der Waals surface area (Å²) in [5.74, 6) is -1.98. The molecule has 2 heterocycles. The number of carbonyl (C=O) groups is 3. The van der Waals surface area contributed by atoms with E-state index in [-0.39, 0.29) is 29.6 Å². The van der Waals surface area contributed by atoms with E-state index in [0.29, 0.717) is 23.8 Å². The van der Waals surface area contributed by atoms with Gasteiger partial charge in [0.05, 0.1) is 23.1 Å². The zero-order chi connectivity index (χ0) is 26.5. The van der Waals surface area contributed by atoms with Crippen molar-refractivity contribution in [3.05, 3.63) is 70.6 Å². The van der Waals surface area contributed by atoms with Crippen LogP contribution in [0, 0.1) is 13.8 Å². The average Bonchev–Trinajstić information content (AvgIpc) is 2.86. The molecule has 0 saturated carbocycles. The average molecular weight is 506 g/mol. The number of rotatable bonds is 8. The number of phenolic OH excluding ortho intramolecular Hbond substituents is 1. The third kappa shape index (κ3) is 5.97. The molecular formula is C25H27N7O5. The quantitative estimate of drug-likeness (QED) is 0.298. The Hall–Kier alpha value is -4.61. The maximum Gasteiger partial charge on any atom is 0.328 e. The minimum atomic E-state index is -1.39. The van der Waals surface area contributed by atoms with Crippen LogP contribution in [-0.2, 0) is 17.6 Å². The SMILES string of the molecule is Cc1nc(NC2CCc3cccc(O)c3C2)nc(C)c1C(=O)N[C@@H](CNC(=O)c1cnccn1)C(=O)O.